The minimum Gasteiger partial charge on any atom is -0.397 e. The van der Waals surface area contributed by atoms with Crippen molar-refractivity contribution in [2.45, 2.75) is 51.9 Å². The number of carbonyl (C=O) groups is 1. The normalized spacial score (nSPS) is 16.9. The van der Waals surface area contributed by atoms with Gasteiger partial charge in [-0.15, -0.1) is 0 Å². The first-order valence-electron chi connectivity index (χ1n) is 7.31. The van der Waals surface area contributed by atoms with Gasteiger partial charge in [-0.1, -0.05) is 31.7 Å². The Balaban J connectivity index is 1.89. The van der Waals surface area contributed by atoms with Gasteiger partial charge < -0.3 is 11.1 Å². The van der Waals surface area contributed by atoms with Crippen LogP contribution < -0.4 is 11.1 Å². The fourth-order valence-electron chi connectivity index (χ4n) is 2.83. The van der Waals surface area contributed by atoms with Crippen molar-refractivity contribution in [3.63, 3.8) is 0 Å². The number of nitrogens with one attached hydrogen (secondary N) is 1. The van der Waals surface area contributed by atoms with Crippen molar-refractivity contribution in [2.75, 3.05) is 11.1 Å². The van der Waals surface area contributed by atoms with Crippen LogP contribution >= 0.6 is 0 Å². The molecular formula is C16H24N2O. The van der Waals surface area contributed by atoms with Crippen LogP contribution in [0.25, 0.3) is 0 Å². The van der Waals surface area contributed by atoms with Gasteiger partial charge in [-0.25, -0.2) is 0 Å². The predicted molar refractivity (Wildman–Crippen MR) is 80.0 cm³/mol. The summed E-state index contributed by atoms with van der Waals surface area (Å²) in [5.74, 6) is 0.650. The number of rotatable bonds is 3. The van der Waals surface area contributed by atoms with Gasteiger partial charge in [0.15, 0.2) is 0 Å². The smallest absolute Gasteiger partial charge is 0.224 e. The van der Waals surface area contributed by atoms with Crippen molar-refractivity contribution >= 4 is 17.3 Å². The average Bonchev–Trinajstić information content (AvgIpc) is 2.61. The van der Waals surface area contributed by atoms with Crippen LogP contribution in [0.4, 0.5) is 11.4 Å². The first-order chi connectivity index (χ1) is 9.15. The molecule has 0 unspecified atom stereocenters. The van der Waals surface area contributed by atoms with Crippen molar-refractivity contribution in [3.8, 4) is 0 Å². The molecule has 19 heavy (non-hydrogen) atoms. The van der Waals surface area contributed by atoms with Gasteiger partial charge in [-0.3, -0.25) is 4.79 Å². The molecule has 1 aromatic rings. The lowest BCUT2D eigenvalue weighted by Crippen LogP contribution is -2.17. The van der Waals surface area contributed by atoms with Crippen LogP contribution in [0.2, 0.25) is 0 Å². The Kier molecular flexibility index (Phi) is 4.83. The third kappa shape index (κ3) is 4.27. The zero-order chi connectivity index (χ0) is 13.7. The number of carbonyl (C=O) groups excluding carboxylic acids is 1. The summed E-state index contributed by atoms with van der Waals surface area (Å²) in [5, 5.41) is 2.94. The lowest BCUT2D eigenvalue weighted by molar-refractivity contribution is -0.117. The molecule has 0 heterocycles. The molecule has 0 aromatic heterocycles. The summed E-state index contributed by atoms with van der Waals surface area (Å²) in [4.78, 5) is 12.1. The molecule has 0 radical (unpaired) electrons. The van der Waals surface area contributed by atoms with Crippen molar-refractivity contribution in [2.24, 2.45) is 5.92 Å². The number of nitrogen functional groups attached to an aromatic ring is 1. The van der Waals surface area contributed by atoms with E-state index in [0.717, 1.165) is 11.3 Å². The number of benzene rings is 1. The summed E-state index contributed by atoms with van der Waals surface area (Å²) in [6.45, 7) is 1.99. The molecule has 0 spiro atoms. The Hall–Kier alpha value is -1.51. The standard InChI is InChI=1S/C16H24N2O/c1-12-8-9-15(14(17)10-12)18-16(19)11-13-6-4-2-3-5-7-13/h8-10,13H,2-7,11,17H2,1H3,(H,18,19). The monoisotopic (exact) mass is 260 g/mol. The highest BCUT2D eigenvalue weighted by atomic mass is 16.1. The third-order valence-electron chi connectivity index (χ3n) is 3.93. The summed E-state index contributed by atoms with van der Waals surface area (Å²) in [6, 6.07) is 5.74. The van der Waals surface area contributed by atoms with Crippen LogP contribution in [0.3, 0.4) is 0 Å². The predicted octanol–water partition coefficient (Wildman–Crippen LogP) is 3.88. The second kappa shape index (κ2) is 6.60. The Morgan fingerprint density at radius 3 is 2.58 bits per heavy atom. The van der Waals surface area contributed by atoms with Gasteiger partial charge in [-0.05, 0) is 43.4 Å². The van der Waals surface area contributed by atoms with Crippen molar-refractivity contribution in [1.29, 1.82) is 0 Å². The Labute approximate surface area is 115 Å². The number of nitrogens with two attached hydrogens (primary N) is 1. The molecule has 1 aliphatic carbocycles. The van der Waals surface area contributed by atoms with Gasteiger partial charge in [-0.2, -0.15) is 0 Å². The second-order valence-electron chi connectivity index (χ2n) is 5.70. The molecule has 2 rings (SSSR count). The first kappa shape index (κ1) is 13.9. The van der Waals surface area contributed by atoms with Gasteiger partial charge in [0.25, 0.3) is 0 Å². The maximum atomic E-state index is 12.1. The summed E-state index contributed by atoms with van der Waals surface area (Å²) < 4.78 is 0. The highest BCUT2D eigenvalue weighted by Crippen LogP contribution is 2.26. The van der Waals surface area contributed by atoms with E-state index in [1.54, 1.807) is 0 Å². The number of hydrogen-bond acceptors (Lipinski definition) is 2. The maximum Gasteiger partial charge on any atom is 0.224 e. The van der Waals surface area contributed by atoms with Gasteiger partial charge in [0, 0.05) is 6.42 Å². The SMILES string of the molecule is Cc1ccc(NC(=O)CC2CCCCCC2)c(N)c1. The molecule has 1 amide bonds. The molecule has 3 nitrogen and oxygen atoms in total. The topological polar surface area (TPSA) is 55.1 Å². The van der Waals surface area contributed by atoms with Crippen LogP contribution in [0.5, 0.6) is 0 Å². The number of aryl methyl sites for hydroxylation is 1. The van der Waals surface area contributed by atoms with Crippen LogP contribution in [-0.2, 0) is 4.79 Å². The quantitative estimate of drug-likeness (QED) is 0.640. The van der Waals surface area contributed by atoms with Crippen LogP contribution in [-0.4, -0.2) is 5.91 Å². The Morgan fingerprint density at radius 2 is 1.95 bits per heavy atom. The minimum atomic E-state index is 0.0995. The molecule has 0 aliphatic heterocycles. The third-order valence-corrected chi connectivity index (χ3v) is 3.93. The Morgan fingerprint density at radius 1 is 1.26 bits per heavy atom. The van der Waals surface area contributed by atoms with Gasteiger partial charge >= 0.3 is 0 Å². The zero-order valence-electron chi connectivity index (χ0n) is 11.7. The van der Waals surface area contributed by atoms with Crippen molar-refractivity contribution in [1.82, 2.24) is 0 Å². The van der Waals surface area contributed by atoms with E-state index in [0.29, 0.717) is 18.0 Å². The summed E-state index contributed by atoms with van der Waals surface area (Å²) in [7, 11) is 0. The minimum absolute atomic E-state index is 0.0995. The molecule has 1 saturated carbocycles. The van der Waals surface area contributed by atoms with Crippen LogP contribution in [0.1, 0.15) is 50.5 Å². The average molecular weight is 260 g/mol. The van der Waals surface area contributed by atoms with Gasteiger partial charge in [0.05, 0.1) is 11.4 Å². The summed E-state index contributed by atoms with van der Waals surface area (Å²) in [6.07, 6.45) is 8.20. The Bertz CT molecular complexity index is 434. The highest BCUT2D eigenvalue weighted by Gasteiger charge is 2.16. The highest BCUT2D eigenvalue weighted by molar-refractivity contribution is 5.94. The fourth-order valence-corrected chi connectivity index (χ4v) is 2.83. The summed E-state index contributed by atoms with van der Waals surface area (Å²) >= 11 is 0. The maximum absolute atomic E-state index is 12.1. The fraction of sp³-hybridized carbons (Fsp3) is 0.562. The molecule has 1 aromatic carbocycles. The number of anilines is 2. The van der Waals surface area contributed by atoms with Crippen molar-refractivity contribution in [3.05, 3.63) is 23.8 Å². The molecule has 0 saturated heterocycles. The van der Waals surface area contributed by atoms with E-state index < -0.39 is 0 Å². The lowest BCUT2D eigenvalue weighted by atomic mass is 9.96. The molecule has 3 N–H and O–H groups in total. The molecule has 1 aliphatic rings. The molecule has 1 fully saturated rings. The van der Waals surface area contributed by atoms with E-state index in [9.17, 15) is 4.79 Å². The first-order valence-corrected chi connectivity index (χ1v) is 7.31. The van der Waals surface area contributed by atoms with Gasteiger partial charge in [0.2, 0.25) is 5.91 Å². The molecule has 3 heteroatoms. The molecule has 0 bridgehead atoms. The largest absolute Gasteiger partial charge is 0.397 e. The van der Waals surface area contributed by atoms with Crippen molar-refractivity contribution < 1.29 is 4.79 Å². The summed E-state index contributed by atoms with van der Waals surface area (Å²) in [5.41, 5.74) is 8.41. The van der Waals surface area contributed by atoms with E-state index >= 15 is 0 Å². The molecule has 0 atom stereocenters. The molecular weight excluding hydrogens is 236 g/mol. The molecule has 104 valence electrons. The number of amides is 1. The van der Waals surface area contributed by atoms with E-state index in [4.69, 9.17) is 5.73 Å². The van der Waals surface area contributed by atoms with E-state index in [1.807, 2.05) is 25.1 Å². The number of hydrogen-bond donors (Lipinski definition) is 2. The van der Waals surface area contributed by atoms with Crippen LogP contribution in [0, 0.1) is 12.8 Å². The van der Waals surface area contributed by atoms with E-state index in [-0.39, 0.29) is 5.91 Å². The zero-order valence-corrected chi connectivity index (χ0v) is 11.7. The van der Waals surface area contributed by atoms with Crippen LogP contribution in [0.15, 0.2) is 18.2 Å². The van der Waals surface area contributed by atoms with Gasteiger partial charge in [0.1, 0.15) is 0 Å². The lowest BCUT2D eigenvalue weighted by Gasteiger charge is -2.14. The van der Waals surface area contributed by atoms with E-state index in [1.165, 1.54) is 38.5 Å². The van der Waals surface area contributed by atoms with E-state index in [2.05, 4.69) is 5.32 Å². The second-order valence-corrected chi connectivity index (χ2v) is 5.70.